The number of rotatable bonds is 4. The number of benzene rings is 1. The van der Waals surface area contributed by atoms with Gasteiger partial charge in [-0.15, -0.1) is 0 Å². The van der Waals surface area contributed by atoms with Gasteiger partial charge in [0.05, 0.1) is 18.2 Å². The molecule has 7 nitrogen and oxygen atoms in total. The summed E-state index contributed by atoms with van der Waals surface area (Å²) < 4.78 is 20.8. The van der Waals surface area contributed by atoms with E-state index in [0.29, 0.717) is 12.1 Å². The number of nitriles is 1. The first kappa shape index (κ1) is 17.5. The van der Waals surface area contributed by atoms with Crippen LogP contribution in [0.2, 0.25) is 0 Å². The monoisotopic (exact) mass is 369 g/mol. The second-order valence-electron chi connectivity index (χ2n) is 6.80. The lowest BCUT2D eigenvalue weighted by molar-refractivity contribution is 0.234. The minimum atomic E-state index is -0.563. The smallest absolute Gasteiger partial charge is 0.352 e. The van der Waals surface area contributed by atoms with Crippen LogP contribution in [0.25, 0.3) is 0 Å². The Kier molecular flexibility index (Phi) is 4.54. The second kappa shape index (κ2) is 7.00. The fourth-order valence-corrected chi connectivity index (χ4v) is 3.74. The van der Waals surface area contributed by atoms with Gasteiger partial charge >= 0.3 is 5.69 Å². The summed E-state index contributed by atoms with van der Waals surface area (Å²) in [6.07, 6.45) is 0. The molecule has 0 saturated carbocycles. The minimum absolute atomic E-state index is 0.0327. The number of fused-ring (bicyclic) bond motifs is 3. The number of aromatic nitrogens is 2. The van der Waals surface area contributed by atoms with E-state index in [1.807, 2.05) is 0 Å². The Balaban J connectivity index is 1.53. The average Bonchev–Trinajstić information content (AvgIpc) is 3.05. The predicted octanol–water partition coefficient (Wildman–Crippen LogP) is 1.36. The van der Waals surface area contributed by atoms with E-state index < -0.39 is 5.82 Å². The van der Waals surface area contributed by atoms with Gasteiger partial charge in [0.25, 0.3) is 0 Å². The lowest BCUT2D eigenvalue weighted by Gasteiger charge is -2.37. The maximum atomic E-state index is 13.4. The summed E-state index contributed by atoms with van der Waals surface area (Å²) >= 11 is 0. The van der Waals surface area contributed by atoms with Crippen LogP contribution < -0.4 is 15.3 Å². The number of hydrogen-bond donors (Lipinski definition) is 0. The van der Waals surface area contributed by atoms with Crippen LogP contribution in [0.4, 0.5) is 10.2 Å². The standard InChI is InChI=1S/C19H20FN5O2/c1-2-23-5-6-24-15(10-23)11-25-18(24)8-17(22-19(25)26)27-12-13-3-4-16(20)14(7-13)9-21/h3-4,7-8,15H,2,5-6,10-12H2,1H3. The number of nitrogens with zero attached hydrogens (tertiary/aromatic N) is 5. The summed E-state index contributed by atoms with van der Waals surface area (Å²) in [5.74, 6) is 0.516. The third-order valence-corrected chi connectivity index (χ3v) is 5.21. The van der Waals surface area contributed by atoms with Crippen molar-refractivity contribution in [3.05, 3.63) is 51.7 Å². The summed E-state index contributed by atoms with van der Waals surface area (Å²) in [5.41, 5.74) is 0.288. The second-order valence-corrected chi connectivity index (χ2v) is 6.80. The third-order valence-electron chi connectivity index (χ3n) is 5.21. The highest BCUT2D eigenvalue weighted by atomic mass is 19.1. The topological polar surface area (TPSA) is 74.4 Å². The number of ether oxygens (including phenoxy) is 1. The molecule has 0 N–H and O–H groups in total. The molecule has 0 spiro atoms. The molecule has 3 heterocycles. The molecule has 1 saturated heterocycles. The van der Waals surface area contributed by atoms with Crippen LogP contribution in [-0.4, -0.2) is 46.7 Å². The van der Waals surface area contributed by atoms with Crippen molar-refractivity contribution in [2.45, 2.75) is 26.1 Å². The quantitative estimate of drug-likeness (QED) is 0.810. The molecule has 1 atom stereocenters. The molecule has 2 aliphatic rings. The van der Waals surface area contributed by atoms with Crippen LogP contribution >= 0.6 is 0 Å². The maximum absolute atomic E-state index is 13.4. The van der Waals surface area contributed by atoms with E-state index in [9.17, 15) is 9.18 Å². The summed E-state index contributed by atoms with van der Waals surface area (Å²) in [6.45, 7) is 6.66. The number of hydrogen-bond acceptors (Lipinski definition) is 6. The molecule has 0 bridgehead atoms. The van der Waals surface area contributed by atoms with Crippen molar-refractivity contribution in [2.75, 3.05) is 31.1 Å². The minimum Gasteiger partial charge on any atom is -0.473 e. The van der Waals surface area contributed by atoms with Gasteiger partial charge in [-0.2, -0.15) is 10.2 Å². The first-order chi connectivity index (χ1) is 13.1. The van der Waals surface area contributed by atoms with E-state index in [1.54, 1.807) is 22.8 Å². The summed E-state index contributed by atoms with van der Waals surface area (Å²) in [5, 5.41) is 8.92. The van der Waals surface area contributed by atoms with Crippen molar-refractivity contribution >= 4 is 5.82 Å². The van der Waals surface area contributed by atoms with Crippen molar-refractivity contribution < 1.29 is 9.13 Å². The molecule has 0 radical (unpaired) electrons. The van der Waals surface area contributed by atoms with Crippen LogP contribution in [0.1, 0.15) is 18.1 Å². The Morgan fingerprint density at radius 3 is 2.96 bits per heavy atom. The first-order valence-corrected chi connectivity index (χ1v) is 9.01. The molecule has 2 aliphatic heterocycles. The van der Waals surface area contributed by atoms with Gasteiger partial charge in [0.2, 0.25) is 5.88 Å². The molecule has 8 heteroatoms. The Morgan fingerprint density at radius 1 is 1.33 bits per heavy atom. The van der Waals surface area contributed by atoms with Gasteiger partial charge in [-0.25, -0.2) is 9.18 Å². The number of likely N-dealkylation sites (N-methyl/N-ethyl adjacent to an activating group) is 1. The Labute approximate surface area is 156 Å². The van der Waals surface area contributed by atoms with Crippen molar-refractivity contribution in [2.24, 2.45) is 0 Å². The summed E-state index contributed by atoms with van der Waals surface area (Å²) in [6, 6.07) is 8.10. The van der Waals surface area contributed by atoms with E-state index in [1.165, 1.54) is 12.1 Å². The van der Waals surface area contributed by atoms with Gasteiger partial charge in [0, 0.05) is 25.7 Å². The molecule has 4 rings (SSSR count). The largest absolute Gasteiger partial charge is 0.473 e. The molecular weight excluding hydrogens is 349 g/mol. The lowest BCUT2D eigenvalue weighted by atomic mass is 10.1. The molecule has 1 aromatic carbocycles. The highest BCUT2D eigenvalue weighted by Gasteiger charge is 2.35. The molecular formula is C19H20FN5O2. The highest BCUT2D eigenvalue weighted by molar-refractivity contribution is 5.47. The van der Waals surface area contributed by atoms with Crippen LogP contribution in [0.15, 0.2) is 29.1 Å². The van der Waals surface area contributed by atoms with Crippen LogP contribution in [0.5, 0.6) is 5.88 Å². The molecule has 1 unspecified atom stereocenters. The molecule has 1 fully saturated rings. The van der Waals surface area contributed by atoms with E-state index in [4.69, 9.17) is 10.00 Å². The molecule has 0 amide bonds. The predicted molar refractivity (Wildman–Crippen MR) is 97.2 cm³/mol. The highest BCUT2D eigenvalue weighted by Crippen LogP contribution is 2.29. The zero-order valence-electron chi connectivity index (χ0n) is 15.1. The van der Waals surface area contributed by atoms with Gasteiger partial charge in [0.1, 0.15) is 24.3 Å². The maximum Gasteiger partial charge on any atom is 0.352 e. The zero-order valence-corrected chi connectivity index (χ0v) is 15.1. The van der Waals surface area contributed by atoms with Crippen LogP contribution in [0.3, 0.4) is 0 Å². The van der Waals surface area contributed by atoms with E-state index in [-0.39, 0.29) is 29.8 Å². The Hall–Kier alpha value is -2.92. The summed E-state index contributed by atoms with van der Waals surface area (Å²) in [4.78, 5) is 21.1. The first-order valence-electron chi connectivity index (χ1n) is 9.01. The normalized spacial score (nSPS) is 18.7. The zero-order chi connectivity index (χ0) is 19.0. The summed E-state index contributed by atoms with van der Waals surface area (Å²) in [7, 11) is 0. The van der Waals surface area contributed by atoms with Crippen molar-refractivity contribution in [3.63, 3.8) is 0 Å². The molecule has 2 aromatic rings. The van der Waals surface area contributed by atoms with E-state index in [0.717, 1.165) is 32.0 Å². The lowest BCUT2D eigenvalue weighted by Crippen LogP contribution is -2.51. The van der Waals surface area contributed by atoms with Gasteiger partial charge in [0.15, 0.2) is 0 Å². The number of piperazine rings is 1. The number of anilines is 1. The van der Waals surface area contributed by atoms with E-state index >= 15 is 0 Å². The third kappa shape index (κ3) is 3.26. The van der Waals surface area contributed by atoms with Gasteiger partial charge < -0.3 is 9.64 Å². The molecule has 0 aliphatic carbocycles. The Morgan fingerprint density at radius 2 is 2.19 bits per heavy atom. The van der Waals surface area contributed by atoms with Crippen molar-refractivity contribution in [1.29, 1.82) is 5.26 Å². The van der Waals surface area contributed by atoms with Crippen molar-refractivity contribution in [3.8, 4) is 11.9 Å². The SMILES string of the molecule is CCN1CCN2c3cc(OCc4ccc(F)c(C#N)c4)nc(=O)n3CC2C1. The molecule has 140 valence electrons. The molecule has 1 aromatic heterocycles. The van der Waals surface area contributed by atoms with Gasteiger partial charge in [-0.1, -0.05) is 13.0 Å². The van der Waals surface area contributed by atoms with Crippen molar-refractivity contribution in [1.82, 2.24) is 14.5 Å². The fourth-order valence-electron chi connectivity index (χ4n) is 3.74. The van der Waals surface area contributed by atoms with Gasteiger partial charge in [-0.3, -0.25) is 9.47 Å². The Bertz CT molecular complexity index is 968. The number of halogens is 1. The molecule has 27 heavy (non-hydrogen) atoms. The van der Waals surface area contributed by atoms with Crippen LogP contribution in [-0.2, 0) is 13.2 Å². The van der Waals surface area contributed by atoms with Gasteiger partial charge in [-0.05, 0) is 24.2 Å². The van der Waals surface area contributed by atoms with Crippen LogP contribution in [0, 0.1) is 17.1 Å². The average molecular weight is 369 g/mol. The fraction of sp³-hybridized carbons (Fsp3) is 0.421. The van der Waals surface area contributed by atoms with E-state index in [2.05, 4.69) is 21.7 Å².